The van der Waals surface area contributed by atoms with Gasteiger partial charge < -0.3 is 4.42 Å². The number of hydrogen-bond acceptors (Lipinski definition) is 3. The smallest absolute Gasteiger partial charge is 0.105 e. The van der Waals surface area contributed by atoms with Gasteiger partial charge in [0.1, 0.15) is 11.5 Å². The van der Waals surface area contributed by atoms with Crippen LogP contribution >= 0.6 is 0 Å². The van der Waals surface area contributed by atoms with Crippen LogP contribution in [-0.4, -0.2) is 0 Å². The zero-order valence-corrected chi connectivity index (χ0v) is 10.8. The summed E-state index contributed by atoms with van der Waals surface area (Å²) < 4.78 is 5.53. The largest absolute Gasteiger partial charge is 0.466 e. The zero-order chi connectivity index (χ0) is 12.1. The molecule has 0 spiro atoms. The Labute approximate surface area is 98.4 Å². The molecule has 0 aliphatic heterocycles. The van der Waals surface area contributed by atoms with Crippen LogP contribution in [0.3, 0.4) is 0 Å². The van der Waals surface area contributed by atoms with Crippen LogP contribution in [0.25, 0.3) is 0 Å². The standard InChI is InChI=1S/C13H24N2O/c1-9(2)6-5-7-13(15-14)12-8-10(3)16-11(12)4/h8-9,13,15H,5-7,14H2,1-4H3. The molecule has 3 heteroatoms. The average molecular weight is 224 g/mol. The van der Waals surface area contributed by atoms with Gasteiger partial charge in [-0.1, -0.05) is 26.7 Å². The van der Waals surface area contributed by atoms with E-state index >= 15 is 0 Å². The highest BCUT2D eigenvalue weighted by molar-refractivity contribution is 5.23. The molecule has 0 fully saturated rings. The van der Waals surface area contributed by atoms with Gasteiger partial charge in [-0.3, -0.25) is 11.3 Å². The maximum absolute atomic E-state index is 5.61. The van der Waals surface area contributed by atoms with E-state index in [1.54, 1.807) is 0 Å². The molecule has 0 aromatic carbocycles. The topological polar surface area (TPSA) is 51.2 Å². The van der Waals surface area contributed by atoms with E-state index in [0.29, 0.717) is 0 Å². The van der Waals surface area contributed by atoms with Crippen molar-refractivity contribution in [2.45, 2.75) is 53.0 Å². The van der Waals surface area contributed by atoms with Gasteiger partial charge in [0.05, 0.1) is 0 Å². The van der Waals surface area contributed by atoms with Gasteiger partial charge in [-0.25, -0.2) is 0 Å². The van der Waals surface area contributed by atoms with E-state index in [0.717, 1.165) is 23.9 Å². The van der Waals surface area contributed by atoms with Gasteiger partial charge in [-0.2, -0.15) is 0 Å². The molecule has 1 unspecified atom stereocenters. The fourth-order valence-corrected chi connectivity index (χ4v) is 2.06. The Kier molecular flexibility index (Phi) is 5.03. The van der Waals surface area contributed by atoms with Crippen LogP contribution in [-0.2, 0) is 0 Å². The molecule has 0 aliphatic carbocycles. The van der Waals surface area contributed by atoms with Crippen molar-refractivity contribution < 1.29 is 4.42 Å². The molecule has 1 atom stereocenters. The molecule has 0 amide bonds. The van der Waals surface area contributed by atoms with Gasteiger partial charge in [0.2, 0.25) is 0 Å². The Morgan fingerprint density at radius 3 is 2.44 bits per heavy atom. The quantitative estimate of drug-likeness (QED) is 0.576. The Morgan fingerprint density at radius 1 is 1.31 bits per heavy atom. The van der Waals surface area contributed by atoms with Crippen LogP contribution in [0.15, 0.2) is 10.5 Å². The monoisotopic (exact) mass is 224 g/mol. The van der Waals surface area contributed by atoms with Crippen molar-refractivity contribution >= 4 is 0 Å². The van der Waals surface area contributed by atoms with Crippen LogP contribution in [0.5, 0.6) is 0 Å². The first-order valence-electron chi connectivity index (χ1n) is 6.07. The summed E-state index contributed by atoms with van der Waals surface area (Å²) in [5, 5.41) is 0. The first-order chi connectivity index (χ1) is 7.54. The van der Waals surface area contributed by atoms with Crippen molar-refractivity contribution in [2.75, 3.05) is 0 Å². The molecular formula is C13H24N2O. The minimum absolute atomic E-state index is 0.219. The highest BCUT2D eigenvalue weighted by atomic mass is 16.3. The molecule has 0 aliphatic rings. The highest BCUT2D eigenvalue weighted by Gasteiger charge is 2.15. The molecule has 1 aromatic heterocycles. The molecule has 0 radical (unpaired) electrons. The van der Waals surface area contributed by atoms with Crippen molar-refractivity contribution in [3.63, 3.8) is 0 Å². The predicted molar refractivity (Wildman–Crippen MR) is 66.9 cm³/mol. The highest BCUT2D eigenvalue weighted by Crippen LogP contribution is 2.25. The second-order valence-electron chi connectivity index (χ2n) is 4.91. The van der Waals surface area contributed by atoms with Gasteiger partial charge >= 0.3 is 0 Å². The molecule has 1 heterocycles. The Bertz CT molecular complexity index is 318. The summed E-state index contributed by atoms with van der Waals surface area (Å²) in [5.74, 6) is 8.30. The van der Waals surface area contributed by atoms with Crippen molar-refractivity contribution in [3.8, 4) is 0 Å². The molecule has 3 N–H and O–H groups in total. The fourth-order valence-electron chi connectivity index (χ4n) is 2.06. The SMILES string of the molecule is Cc1cc(C(CCCC(C)C)NN)c(C)o1. The van der Waals surface area contributed by atoms with E-state index in [9.17, 15) is 0 Å². The van der Waals surface area contributed by atoms with E-state index in [2.05, 4.69) is 25.3 Å². The molecular weight excluding hydrogens is 200 g/mol. The van der Waals surface area contributed by atoms with E-state index in [4.69, 9.17) is 10.3 Å². The molecule has 0 saturated carbocycles. The minimum Gasteiger partial charge on any atom is -0.466 e. The number of hydrogen-bond donors (Lipinski definition) is 2. The molecule has 92 valence electrons. The van der Waals surface area contributed by atoms with E-state index in [1.807, 2.05) is 13.8 Å². The average Bonchev–Trinajstić information content (AvgIpc) is 2.52. The van der Waals surface area contributed by atoms with Crippen LogP contribution in [0, 0.1) is 19.8 Å². The number of hydrazine groups is 1. The number of nitrogens with two attached hydrogens (primary N) is 1. The van der Waals surface area contributed by atoms with Crippen LogP contribution in [0.2, 0.25) is 0 Å². The lowest BCUT2D eigenvalue weighted by Crippen LogP contribution is -2.28. The van der Waals surface area contributed by atoms with Crippen LogP contribution < -0.4 is 11.3 Å². The number of furan rings is 1. The summed E-state index contributed by atoms with van der Waals surface area (Å²) in [6, 6.07) is 2.30. The second-order valence-corrected chi connectivity index (χ2v) is 4.91. The Hall–Kier alpha value is -0.800. The summed E-state index contributed by atoms with van der Waals surface area (Å²) in [6.45, 7) is 8.46. The van der Waals surface area contributed by atoms with E-state index < -0.39 is 0 Å². The van der Waals surface area contributed by atoms with Crippen molar-refractivity contribution in [3.05, 3.63) is 23.2 Å². The van der Waals surface area contributed by atoms with Gasteiger partial charge in [-0.05, 0) is 32.3 Å². The lowest BCUT2D eigenvalue weighted by molar-refractivity contribution is 0.442. The first kappa shape index (κ1) is 13.3. The molecule has 1 aromatic rings. The summed E-state index contributed by atoms with van der Waals surface area (Å²) in [5.41, 5.74) is 4.08. The van der Waals surface area contributed by atoms with Crippen LogP contribution in [0.1, 0.15) is 56.2 Å². The molecule has 3 nitrogen and oxygen atoms in total. The van der Waals surface area contributed by atoms with Crippen LogP contribution in [0.4, 0.5) is 0 Å². The first-order valence-corrected chi connectivity index (χ1v) is 6.07. The minimum atomic E-state index is 0.219. The maximum atomic E-state index is 5.61. The summed E-state index contributed by atoms with van der Waals surface area (Å²) in [6.07, 6.45) is 3.50. The molecule has 0 saturated heterocycles. The predicted octanol–water partition coefficient (Wildman–Crippen LogP) is 3.23. The molecule has 16 heavy (non-hydrogen) atoms. The van der Waals surface area contributed by atoms with Crippen molar-refractivity contribution in [1.82, 2.24) is 5.43 Å². The third-order valence-corrected chi connectivity index (χ3v) is 2.93. The van der Waals surface area contributed by atoms with E-state index in [1.165, 1.54) is 18.4 Å². The number of nitrogens with one attached hydrogen (secondary N) is 1. The second kappa shape index (κ2) is 6.06. The normalized spacial score (nSPS) is 13.4. The van der Waals surface area contributed by atoms with Crippen molar-refractivity contribution in [2.24, 2.45) is 11.8 Å². The van der Waals surface area contributed by atoms with Gasteiger partial charge in [0, 0.05) is 11.6 Å². The lowest BCUT2D eigenvalue weighted by atomic mass is 9.99. The Morgan fingerprint density at radius 2 is 2.00 bits per heavy atom. The summed E-state index contributed by atoms with van der Waals surface area (Å²) >= 11 is 0. The Balaban J connectivity index is 2.57. The maximum Gasteiger partial charge on any atom is 0.105 e. The number of aryl methyl sites for hydroxylation is 2. The van der Waals surface area contributed by atoms with Crippen molar-refractivity contribution in [1.29, 1.82) is 0 Å². The van der Waals surface area contributed by atoms with Gasteiger partial charge in [0.25, 0.3) is 0 Å². The zero-order valence-electron chi connectivity index (χ0n) is 10.8. The summed E-state index contributed by atoms with van der Waals surface area (Å²) in [4.78, 5) is 0. The van der Waals surface area contributed by atoms with Gasteiger partial charge in [0.15, 0.2) is 0 Å². The third-order valence-electron chi connectivity index (χ3n) is 2.93. The molecule has 0 bridgehead atoms. The summed E-state index contributed by atoms with van der Waals surface area (Å²) in [7, 11) is 0. The van der Waals surface area contributed by atoms with Gasteiger partial charge in [-0.15, -0.1) is 0 Å². The number of rotatable bonds is 6. The third kappa shape index (κ3) is 3.65. The lowest BCUT2D eigenvalue weighted by Gasteiger charge is -2.15. The van der Waals surface area contributed by atoms with E-state index in [-0.39, 0.29) is 6.04 Å². The fraction of sp³-hybridized carbons (Fsp3) is 0.692. The molecule has 1 rings (SSSR count).